The number of hydrogen-bond donors (Lipinski definition) is 1. The van der Waals surface area contributed by atoms with Gasteiger partial charge in [-0.3, -0.25) is 4.79 Å². The molecule has 1 amide bonds. The first-order chi connectivity index (χ1) is 7.71. The van der Waals surface area contributed by atoms with Gasteiger partial charge in [-0.25, -0.2) is 4.39 Å². The van der Waals surface area contributed by atoms with Crippen molar-refractivity contribution in [1.82, 2.24) is 5.32 Å². The van der Waals surface area contributed by atoms with Gasteiger partial charge in [-0.15, -0.1) is 0 Å². The molecule has 0 aliphatic rings. The van der Waals surface area contributed by atoms with E-state index < -0.39 is 5.82 Å². The highest BCUT2D eigenvalue weighted by Crippen LogP contribution is 2.21. The molecule has 0 fully saturated rings. The Kier molecular flexibility index (Phi) is 4.15. The van der Waals surface area contributed by atoms with Crippen LogP contribution >= 0.6 is 11.6 Å². The largest absolute Gasteiger partial charge is 0.349 e. The summed E-state index contributed by atoms with van der Waals surface area (Å²) in [5.41, 5.74) is 0.256. The molecular weight excluding hydrogens is 241 g/mol. The lowest BCUT2D eigenvalue weighted by Crippen LogP contribution is -2.41. The highest BCUT2D eigenvalue weighted by Gasteiger charge is 2.23. The number of hydrogen-bond acceptors (Lipinski definition) is 1. The molecule has 1 aromatic rings. The predicted octanol–water partition coefficient (Wildman–Crippen LogP) is 3.64. The Hall–Kier alpha value is -1.09. The summed E-state index contributed by atoms with van der Waals surface area (Å²) in [5.74, 6) is -0.729. The molecule has 0 aliphatic carbocycles. The third-order valence-corrected chi connectivity index (χ3v) is 3.14. The summed E-state index contributed by atoms with van der Waals surface area (Å²) in [6, 6.07) is 3.75. The van der Waals surface area contributed by atoms with Crippen LogP contribution in [0.4, 0.5) is 4.39 Å². The summed E-state index contributed by atoms with van der Waals surface area (Å²) in [5, 5.41) is 2.98. The zero-order chi connectivity index (χ0) is 13.2. The Morgan fingerprint density at radius 1 is 1.41 bits per heavy atom. The first-order valence-electron chi connectivity index (χ1n) is 5.47. The molecule has 0 aliphatic heterocycles. The van der Waals surface area contributed by atoms with Crippen molar-refractivity contribution in [3.8, 4) is 0 Å². The summed E-state index contributed by atoms with van der Waals surface area (Å²) in [6.07, 6.45) is 0. The number of carbonyl (C=O) groups is 1. The second kappa shape index (κ2) is 5.05. The third-order valence-electron chi connectivity index (χ3n) is 2.82. The van der Waals surface area contributed by atoms with E-state index in [9.17, 15) is 9.18 Å². The first kappa shape index (κ1) is 14.0. The summed E-state index contributed by atoms with van der Waals surface area (Å²) >= 11 is 5.82. The molecule has 0 spiro atoms. The van der Waals surface area contributed by atoms with Crippen molar-refractivity contribution in [2.75, 3.05) is 0 Å². The van der Waals surface area contributed by atoms with E-state index in [-0.39, 0.29) is 22.4 Å². The number of halogens is 2. The van der Waals surface area contributed by atoms with Crippen LogP contribution < -0.4 is 5.32 Å². The Labute approximate surface area is 106 Å². The van der Waals surface area contributed by atoms with Gasteiger partial charge in [-0.1, -0.05) is 32.4 Å². The quantitative estimate of drug-likeness (QED) is 0.861. The monoisotopic (exact) mass is 257 g/mol. The minimum Gasteiger partial charge on any atom is -0.349 e. The molecule has 0 saturated carbocycles. The van der Waals surface area contributed by atoms with Gasteiger partial charge in [0.05, 0.1) is 10.6 Å². The SMILES string of the molecule is C[C@@H](NC(=O)c1ccc(F)cc1Cl)C(C)(C)C. The summed E-state index contributed by atoms with van der Waals surface area (Å²) in [6.45, 7) is 8.02. The van der Waals surface area contributed by atoms with E-state index in [0.29, 0.717) is 5.56 Å². The fraction of sp³-hybridized carbons (Fsp3) is 0.462. The van der Waals surface area contributed by atoms with Crippen LogP contribution in [0.25, 0.3) is 0 Å². The molecule has 0 aromatic heterocycles. The fourth-order valence-electron chi connectivity index (χ4n) is 1.16. The highest BCUT2D eigenvalue weighted by atomic mass is 35.5. The molecule has 0 radical (unpaired) electrons. The van der Waals surface area contributed by atoms with Gasteiger partial charge in [-0.05, 0) is 30.5 Å². The summed E-state index contributed by atoms with van der Waals surface area (Å²) < 4.78 is 12.8. The van der Waals surface area contributed by atoms with E-state index in [1.54, 1.807) is 0 Å². The van der Waals surface area contributed by atoms with Crippen molar-refractivity contribution < 1.29 is 9.18 Å². The smallest absolute Gasteiger partial charge is 0.253 e. The number of nitrogens with one attached hydrogen (secondary N) is 1. The van der Waals surface area contributed by atoms with Crippen molar-refractivity contribution in [2.24, 2.45) is 5.41 Å². The standard InChI is InChI=1S/C13H17ClFNO/c1-8(13(2,3)4)16-12(17)10-6-5-9(15)7-11(10)14/h5-8H,1-4H3,(H,16,17)/t8-/m1/s1. The number of carbonyl (C=O) groups excluding carboxylic acids is 1. The summed E-state index contributed by atoms with van der Waals surface area (Å²) in [7, 11) is 0. The lowest BCUT2D eigenvalue weighted by atomic mass is 9.88. The second-order valence-corrected chi connectivity index (χ2v) is 5.59. The molecular formula is C13H17ClFNO. The van der Waals surface area contributed by atoms with Gasteiger partial charge >= 0.3 is 0 Å². The Bertz CT molecular complexity index is 426. The van der Waals surface area contributed by atoms with E-state index in [4.69, 9.17) is 11.6 Å². The van der Waals surface area contributed by atoms with Crippen LogP contribution in [-0.2, 0) is 0 Å². The molecule has 0 heterocycles. The van der Waals surface area contributed by atoms with Gasteiger partial charge in [0.25, 0.3) is 5.91 Å². The van der Waals surface area contributed by atoms with Gasteiger partial charge < -0.3 is 5.32 Å². The molecule has 1 N–H and O–H groups in total. The molecule has 17 heavy (non-hydrogen) atoms. The van der Waals surface area contributed by atoms with Gasteiger partial charge in [0.1, 0.15) is 5.82 Å². The zero-order valence-electron chi connectivity index (χ0n) is 10.5. The molecule has 4 heteroatoms. The van der Waals surface area contributed by atoms with Crippen molar-refractivity contribution in [3.05, 3.63) is 34.6 Å². The molecule has 1 atom stereocenters. The maximum Gasteiger partial charge on any atom is 0.253 e. The number of rotatable bonds is 2. The number of benzene rings is 1. The highest BCUT2D eigenvalue weighted by molar-refractivity contribution is 6.33. The maximum absolute atomic E-state index is 12.8. The molecule has 94 valence electrons. The average Bonchev–Trinajstić information content (AvgIpc) is 2.15. The van der Waals surface area contributed by atoms with Crippen molar-refractivity contribution in [1.29, 1.82) is 0 Å². The average molecular weight is 258 g/mol. The van der Waals surface area contributed by atoms with Gasteiger partial charge in [0, 0.05) is 6.04 Å². The van der Waals surface area contributed by atoms with Crippen LogP contribution in [0.1, 0.15) is 38.1 Å². The van der Waals surface area contributed by atoms with E-state index in [1.807, 2.05) is 27.7 Å². The van der Waals surface area contributed by atoms with E-state index in [1.165, 1.54) is 12.1 Å². The van der Waals surface area contributed by atoms with Crippen molar-refractivity contribution >= 4 is 17.5 Å². The fourth-order valence-corrected chi connectivity index (χ4v) is 1.42. The van der Waals surface area contributed by atoms with E-state index in [0.717, 1.165) is 6.07 Å². The van der Waals surface area contributed by atoms with Gasteiger partial charge in [0.2, 0.25) is 0 Å². The predicted molar refractivity (Wildman–Crippen MR) is 67.8 cm³/mol. The van der Waals surface area contributed by atoms with Crippen LogP contribution in [0, 0.1) is 11.2 Å². The third kappa shape index (κ3) is 3.70. The van der Waals surface area contributed by atoms with Crippen molar-refractivity contribution in [2.45, 2.75) is 33.7 Å². The molecule has 2 nitrogen and oxygen atoms in total. The maximum atomic E-state index is 12.8. The van der Waals surface area contributed by atoms with Crippen LogP contribution in [-0.4, -0.2) is 11.9 Å². The second-order valence-electron chi connectivity index (χ2n) is 5.19. The Balaban J connectivity index is 2.84. The topological polar surface area (TPSA) is 29.1 Å². The van der Waals surface area contributed by atoms with E-state index >= 15 is 0 Å². The van der Waals surface area contributed by atoms with Crippen LogP contribution in [0.3, 0.4) is 0 Å². The lowest BCUT2D eigenvalue weighted by Gasteiger charge is -2.28. The van der Waals surface area contributed by atoms with Gasteiger partial charge in [0.15, 0.2) is 0 Å². The first-order valence-corrected chi connectivity index (χ1v) is 5.85. The van der Waals surface area contributed by atoms with E-state index in [2.05, 4.69) is 5.32 Å². The lowest BCUT2D eigenvalue weighted by molar-refractivity contribution is 0.0910. The van der Waals surface area contributed by atoms with Crippen molar-refractivity contribution in [3.63, 3.8) is 0 Å². The molecule has 0 saturated heterocycles. The van der Waals surface area contributed by atoms with Crippen LogP contribution in [0.15, 0.2) is 18.2 Å². The van der Waals surface area contributed by atoms with Crippen LogP contribution in [0.5, 0.6) is 0 Å². The van der Waals surface area contributed by atoms with Gasteiger partial charge in [-0.2, -0.15) is 0 Å². The molecule has 0 bridgehead atoms. The zero-order valence-corrected chi connectivity index (χ0v) is 11.2. The van der Waals surface area contributed by atoms with Crippen LogP contribution in [0.2, 0.25) is 5.02 Å². The molecule has 1 rings (SSSR count). The minimum atomic E-state index is -0.449. The molecule has 1 aromatic carbocycles. The normalized spacial score (nSPS) is 13.3. The Morgan fingerprint density at radius 3 is 2.47 bits per heavy atom. The minimum absolute atomic E-state index is 0.00359. The summed E-state index contributed by atoms with van der Waals surface area (Å²) in [4.78, 5) is 11.9. The molecule has 0 unspecified atom stereocenters. The Morgan fingerprint density at radius 2 is 2.00 bits per heavy atom. The number of amides is 1.